The Hall–Kier alpha value is -2.37. The SMILES string of the molecule is Cc1noc(C)c1C(C)Nc1nc2cccc(C)n2n1. The van der Waals surface area contributed by atoms with E-state index in [2.05, 4.69) is 20.6 Å². The molecular weight excluding hydrogens is 254 g/mol. The third-order valence-corrected chi connectivity index (χ3v) is 3.42. The van der Waals surface area contributed by atoms with Crippen LogP contribution in [0.2, 0.25) is 0 Å². The summed E-state index contributed by atoms with van der Waals surface area (Å²) in [6.45, 7) is 7.90. The Bertz CT molecular complexity index is 739. The summed E-state index contributed by atoms with van der Waals surface area (Å²) in [5, 5.41) is 11.7. The molecule has 3 aromatic heterocycles. The normalized spacial score (nSPS) is 12.8. The Morgan fingerprint density at radius 1 is 1.25 bits per heavy atom. The number of aryl methyl sites for hydroxylation is 3. The molecule has 104 valence electrons. The van der Waals surface area contributed by atoms with Gasteiger partial charge in [0.05, 0.1) is 11.7 Å². The minimum Gasteiger partial charge on any atom is -0.361 e. The highest BCUT2D eigenvalue weighted by Crippen LogP contribution is 2.23. The number of nitrogens with one attached hydrogen (secondary N) is 1. The fourth-order valence-electron chi connectivity index (χ4n) is 2.47. The van der Waals surface area contributed by atoms with E-state index in [1.165, 1.54) is 0 Å². The lowest BCUT2D eigenvalue weighted by Gasteiger charge is -2.11. The van der Waals surface area contributed by atoms with Crippen LogP contribution in [0.4, 0.5) is 5.95 Å². The van der Waals surface area contributed by atoms with Crippen molar-refractivity contribution in [2.45, 2.75) is 33.7 Å². The van der Waals surface area contributed by atoms with Crippen molar-refractivity contribution in [1.29, 1.82) is 0 Å². The summed E-state index contributed by atoms with van der Waals surface area (Å²) in [7, 11) is 0. The zero-order chi connectivity index (χ0) is 14.3. The van der Waals surface area contributed by atoms with Crippen LogP contribution in [0.5, 0.6) is 0 Å². The minimum atomic E-state index is 0.0407. The van der Waals surface area contributed by atoms with Gasteiger partial charge in [0, 0.05) is 11.3 Å². The second-order valence-electron chi connectivity index (χ2n) is 4.98. The van der Waals surface area contributed by atoms with E-state index >= 15 is 0 Å². The molecule has 0 saturated carbocycles. The number of anilines is 1. The molecule has 0 radical (unpaired) electrons. The van der Waals surface area contributed by atoms with Gasteiger partial charge in [-0.2, -0.15) is 4.98 Å². The second kappa shape index (κ2) is 4.63. The molecule has 1 unspecified atom stereocenters. The average Bonchev–Trinajstić information content (AvgIpc) is 2.94. The van der Waals surface area contributed by atoms with Crippen LogP contribution in [0.3, 0.4) is 0 Å². The number of fused-ring (bicyclic) bond motifs is 1. The van der Waals surface area contributed by atoms with Crippen LogP contribution < -0.4 is 5.32 Å². The lowest BCUT2D eigenvalue weighted by molar-refractivity contribution is 0.392. The quantitative estimate of drug-likeness (QED) is 0.793. The first kappa shape index (κ1) is 12.7. The molecule has 0 bridgehead atoms. The Kier molecular flexibility index (Phi) is 2.93. The number of rotatable bonds is 3. The summed E-state index contributed by atoms with van der Waals surface area (Å²) >= 11 is 0. The van der Waals surface area contributed by atoms with Crippen LogP contribution in [0, 0.1) is 20.8 Å². The molecule has 0 amide bonds. The van der Waals surface area contributed by atoms with Gasteiger partial charge in [-0.05, 0) is 39.8 Å². The van der Waals surface area contributed by atoms with E-state index < -0.39 is 0 Å². The molecule has 3 heterocycles. The highest BCUT2D eigenvalue weighted by Gasteiger charge is 2.17. The summed E-state index contributed by atoms with van der Waals surface area (Å²) in [5.74, 6) is 1.43. The van der Waals surface area contributed by atoms with Crippen molar-refractivity contribution < 1.29 is 4.52 Å². The van der Waals surface area contributed by atoms with Crippen molar-refractivity contribution in [2.75, 3.05) is 5.32 Å². The third-order valence-electron chi connectivity index (χ3n) is 3.42. The van der Waals surface area contributed by atoms with Gasteiger partial charge in [-0.25, -0.2) is 4.52 Å². The monoisotopic (exact) mass is 271 g/mol. The number of pyridine rings is 1. The summed E-state index contributed by atoms with van der Waals surface area (Å²) in [6, 6.07) is 5.95. The highest BCUT2D eigenvalue weighted by atomic mass is 16.5. The van der Waals surface area contributed by atoms with Gasteiger partial charge in [0.1, 0.15) is 5.76 Å². The zero-order valence-electron chi connectivity index (χ0n) is 12.0. The molecule has 6 heteroatoms. The standard InChI is InChI=1S/C14H17N5O/c1-8-6-5-7-12-16-14(17-19(8)12)15-9(2)13-10(3)18-20-11(13)4/h5-7,9H,1-4H3,(H,15,17). The Labute approximate surface area is 116 Å². The number of aromatic nitrogens is 4. The van der Waals surface area contributed by atoms with Gasteiger partial charge < -0.3 is 9.84 Å². The van der Waals surface area contributed by atoms with E-state index in [0.717, 1.165) is 28.4 Å². The predicted octanol–water partition coefficient (Wildman–Crippen LogP) is 2.82. The molecule has 3 rings (SSSR count). The first-order chi connectivity index (χ1) is 9.56. The van der Waals surface area contributed by atoms with Crippen molar-refractivity contribution in [3.63, 3.8) is 0 Å². The lowest BCUT2D eigenvalue weighted by atomic mass is 10.1. The van der Waals surface area contributed by atoms with E-state index in [9.17, 15) is 0 Å². The van der Waals surface area contributed by atoms with Gasteiger partial charge >= 0.3 is 0 Å². The molecule has 6 nitrogen and oxygen atoms in total. The predicted molar refractivity (Wildman–Crippen MR) is 75.7 cm³/mol. The van der Waals surface area contributed by atoms with E-state index in [-0.39, 0.29) is 6.04 Å². The molecule has 0 aromatic carbocycles. The van der Waals surface area contributed by atoms with E-state index in [1.807, 2.05) is 50.4 Å². The van der Waals surface area contributed by atoms with Crippen LogP contribution in [0.25, 0.3) is 5.65 Å². The molecule has 0 aliphatic carbocycles. The van der Waals surface area contributed by atoms with Crippen molar-refractivity contribution in [3.05, 3.63) is 40.9 Å². The molecule has 0 fully saturated rings. The van der Waals surface area contributed by atoms with Gasteiger partial charge in [0.2, 0.25) is 5.95 Å². The number of hydrogen-bond donors (Lipinski definition) is 1. The van der Waals surface area contributed by atoms with Crippen LogP contribution >= 0.6 is 0 Å². The highest BCUT2D eigenvalue weighted by molar-refractivity contribution is 5.45. The van der Waals surface area contributed by atoms with Crippen LogP contribution in [-0.4, -0.2) is 19.8 Å². The topological polar surface area (TPSA) is 68.2 Å². The first-order valence-corrected chi connectivity index (χ1v) is 6.58. The van der Waals surface area contributed by atoms with Gasteiger partial charge in [-0.1, -0.05) is 11.2 Å². The summed E-state index contributed by atoms with van der Waals surface area (Å²) in [4.78, 5) is 4.47. The summed E-state index contributed by atoms with van der Waals surface area (Å²) in [6.07, 6.45) is 0. The molecule has 0 aliphatic heterocycles. The minimum absolute atomic E-state index is 0.0407. The molecular formula is C14H17N5O. The van der Waals surface area contributed by atoms with Crippen molar-refractivity contribution in [3.8, 4) is 0 Å². The molecule has 1 N–H and O–H groups in total. The molecule has 0 spiro atoms. The van der Waals surface area contributed by atoms with Crippen molar-refractivity contribution >= 4 is 11.6 Å². The van der Waals surface area contributed by atoms with Crippen molar-refractivity contribution in [2.24, 2.45) is 0 Å². The van der Waals surface area contributed by atoms with Crippen LogP contribution in [0.15, 0.2) is 22.7 Å². The first-order valence-electron chi connectivity index (χ1n) is 6.58. The van der Waals surface area contributed by atoms with Gasteiger partial charge in [-0.15, -0.1) is 5.10 Å². The Morgan fingerprint density at radius 3 is 2.70 bits per heavy atom. The van der Waals surface area contributed by atoms with Gasteiger partial charge in [-0.3, -0.25) is 0 Å². The molecule has 20 heavy (non-hydrogen) atoms. The summed E-state index contributed by atoms with van der Waals surface area (Å²) in [5.41, 5.74) is 3.83. The smallest absolute Gasteiger partial charge is 0.243 e. The third kappa shape index (κ3) is 2.03. The van der Waals surface area contributed by atoms with Crippen molar-refractivity contribution in [1.82, 2.24) is 19.8 Å². The maximum atomic E-state index is 5.20. The molecule has 1 atom stereocenters. The summed E-state index contributed by atoms with van der Waals surface area (Å²) < 4.78 is 7.02. The Balaban J connectivity index is 1.91. The Morgan fingerprint density at radius 2 is 2.05 bits per heavy atom. The number of nitrogens with zero attached hydrogens (tertiary/aromatic N) is 4. The second-order valence-corrected chi connectivity index (χ2v) is 4.98. The largest absolute Gasteiger partial charge is 0.361 e. The number of hydrogen-bond acceptors (Lipinski definition) is 5. The maximum Gasteiger partial charge on any atom is 0.243 e. The molecule has 3 aromatic rings. The van der Waals surface area contributed by atoms with Gasteiger partial charge in [0.25, 0.3) is 0 Å². The van der Waals surface area contributed by atoms with Gasteiger partial charge in [0.15, 0.2) is 5.65 Å². The van der Waals surface area contributed by atoms with Crippen LogP contribution in [0.1, 0.15) is 35.7 Å². The fourth-order valence-corrected chi connectivity index (χ4v) is 2.47. The fraction of sp³-hybridized carbons (Fsp3) is 0.357. The maximum absolute atomic E-state index is 5.20. The lowest BCUT2D eigenvalue weighted by Crippen LogP contribution is -2.09. The molecule has 0 saturated heterocycles. The van der Waals surface area contributed by atoms with E-state index in [1.54, 1.807) is 0 Å². The average molecular weight is 271 g/mol. The van der Waals surface area contributed by atoms with E-state index in [0.29, 0.717) is 5.95 Å². The van der Waals surface area contributed by atoms with E-state index in [4.69, 9.17) is 4.52 Å². The zero-order valence-corrected chi connectivity index (χ0v) is 12.0. The van der Waals surface area contributed by atoms with Crippen LogP contribution in [-0.2, 0) is 0 Å². The molecule has 0 aliphatic rings.